The van der Waals surface area contributed by atoms with Crippen molar-refractivity contribution < 1.29 is 4.79 Å². The van der Waals surface area contributed by atoms with Crippen LogP contribution >= 0.6 is 0 Å². The zero-order valence-electron chi connectivity index (χ0n) is 9.66. The molecule has 0 unspecified atom stereocenters. The Morgan fingerprint density at radius 2 is 2.12 bits per heavy atom. The van der Waals surface area contributed by atoms with Crippen molar-refractivity contribution in [2.24, 2.45) is 7.05 Å². The van der Waals surface area contributed by atoms with E-state index in [1.165, 1.54) is 11.3 Å². The molecule has 0 fully saturated rings. The monoisotopic (exact) mass is 217 g/mol. The molecule has 0 bridgehead atoms. The summed E-state index contributed by atoms with van der Waals surface area (Å²) in [7, 11) is 3.94. The van der Waals surface area contributed by atoms with Crippen molar-refractivity contribution in [2.75, 3.05) is 11.9 Å². The van der Waals surface area contributed by atoms with Gasteiger partial charge in [0.1, 0.15) is 0 Å². The van der Waals surface area contributed by atoms with Crippen LogP contribution in [-0.2, 0) is 18.3 Å². The molecule has 0 saturated heterocycles. The Balaban J connectivity index is 2.10. The number of aryl methyl sites for hydroxylation is 1. The molecule has 0 N–H and O–H groups in total. The molecule has 2 heterocycles. The lowest BCUT2D eigenvalue weighted by molar-refractivity contribution is -0.116. The third-order valence-corrected chi connectivity index (χ3v) is 3.47. The van der Waals surface area contributed by atoms with Gasteiger partial charge in [0.05, 0.1) is 0 Å². The normalized spacial score (nSPS) is 19.9. The Kier molecular flexibility index (Phi) is 1.93. The number of carbonyl (C=O) groups excluding carboxylic acids is 1. The van der Waals surface area contributed by atoms with E-state index in [4.69, 9.17) is 0 Å². The molecule has 4 heteroatoms. The number of ketones is 1. The zero-order valence-corrected chi connectivity index (χ0v) is 9.66. The number of aromatic nitrogens is 2. The molecule has 1 aliphatic heterocycles. The minimum atomic E-state index is 0.322. The van der Waals surface area contributed by atoms with Crippen LogP contribution < -0.4 is 4.90 Å². The highest BCUT2D eigenvalue weighted by Crippen LogP contribution is 2.36. The van der Waals surface area contributed by atoms with Crippen molar-refractivity contribution >= 4 is 11.6 Å². The van der Waals surface area contributed by atoms with Crippen molar-refractivity contribution in [1.29, 1.82) is 0 Å². The quantitative estimate of drug-likeness (QED) is 0.659. The topological polar surface area (TPSA) is 38.1 Å². The first-order valence-electron chi connectivity index (χ1n) is 5.68. The van der Waals surface area contributed by atoms with Gasteiger partial charge in [0.25, 0.3) is 0 Å². The lowest BCUT2D eigenvalue weighted by Crippen LogP contribution is -2.29. The van der Waals surface area contributed by atoms with E-state index in [0.717, 1.165) is 30.7 Å². The predicted octanol–water partition coefficient (Wildman–Crippen LogP) is 1.42. The maximum absolute atomic E-state index is 11.9. The van der Waals surface area contributed by atoms with E-state index in [9.17, 15) is 4.79 Å². The summed E-state index contributed by atoms with van der Waals surface area (Å²) >= 11 is 0. The second-order valence-electron chi connectivity index (χ2n) is 4.59. The minimum Gasteiger partial charge on any atom is -0.331 e. The van der Waals surface area contributed by atoms with Crippen LogP contribution in [0.4, 0.5) is 5.82 Å². The molecule has 1 aromatic heterocycles. The molecule has 1 aromatic rings. The largest absolute Gasteiger partial charge is 0.331 e. The van der Waals surface area contributed by atoms with Gasteiger partial charge in [-0.25, -0.2) is 0 Å². The highest BCUT2D eigenvalue weighted by molar-refractivity contribution is 5.98. The van der Waals surface area contributed by atoms with Crippen LogP contribution in [0.5, 0.6) is 0 Å². The van der Waals surface area contributed by atoms with Crippen LogP contribution in [0.15, 0.2) is 17.5 Å². The molecule has 4 nitrogen and oxygen atoms in total. The number of Topliss-reactive ketones (excluding diaryl/α,β-unsaturated/α-hetero) is 1. The standard InChI is InChI=1S/C12H15N3O/c1-14-7-8-6-9-10(4-3-5-11(9)16)15(2)12(8)13-14/h7H,3-6H2,1-2H3. The summed E-state index contributed by atoms with van der Waals surface area (Å²) in [6, 6.07) is 0. The highest BCUT2D eigenvalue weighted by Gasteiger charge is 2.30. The van der Waals surface area contributed by atoms with Crippen LogP contribution in [0.2, 0.25) is 0 Å². The molecule has 0 radical (unpaired) electrons. The van der Waals surface area contributed by atoms with E-state index in [0.29, 0.717) is 12.2 Å². The van der Waals surface area contributed by atoms with E-state index in [2.05, 4.69) is 10.00 Å². The number of allylic oxidation sites excluding steroid dienone is 2. The van der Waals surface area contributed by atoms with Crippen LogP contribution in [0.25, 0.3) is 0 Å². The molecule has 0 atom stereocenters. The minimum absolute atomic E-state index is 0.322. The molecule has 84 valence electrons. The van der Waals surface area contributed by atoms with Gasteiger partial charge in [0, 0.05) is 50.0 Å². The summed E-state index contributed by atoms with van der Waals surface area (Å²) in [5.41, 5.74) is 3.36. The third kappa shape index (κ3) is 1.22. The van der Waals surface area contributed by atoms with Gasteiger partial charge in [0.15, 0.2) is 11.6 Å². The molecular formula is C12H15N3O. The molecule has 2 aliphatic rings. The van der Waals surface area contributed by atoms with Crippen molar-refractivity contribution in [3.63, 3.8) is 0 Å². The summed E-state index contributed by atoms with van der Waals surface area (Å²) < 4.78 is 1.82. The summed E-state index contributed by atoms with van der Waals surface area (Å²) in [6.45, 7) is 0. The van der Waals surface area contributed by atoms with Crippen LogP contribution in [0.1, 0.15) is 24.8 Å². The van der Waals surface area contributed by atoms with Gasteiger partial charge in [-0.1, -0.05) is 0 Å². The number of anilines is 1. The lowest BCUT2D eigenvalue weighted by Gasteiger charge is -2.31. The number of fused-ring (bicyclic) bond motifs is 1. The Hall–Kier alpha value is -1.58. The second-order valence-corrected chi connectivity index (χ2v) is 4.59. The fourth-order valence-electron chi connectivity index (χ4n) is 2.70. The van der Waals surface area contributed by atoms with Crippen molar-refractivity contribution in [3.05, 3.63) is 23.0 Å². The zero-order chi connectivity index (χ0) is 11.3. The lowest BCUT2D eigenvalue weighted by atomic mass is 9.88. The summed E-state index contributed by atoms with van der Waals surface area (Å²) in [5, 5.41) is 4.45. The molecule has 16 heavy (non-hydrogen) atoms. The van der Waals surface area contributed by atoms with Gasteiger partial charge in [0.2, 0.25) is 0 Å². The first-order valence-corrected chi connectivity index (χ1v) is 5.68. The number of hydrogen-bond acceptors (Lipinski definition) is 3. The SMILES string of the molecule is CN1C2=C(Cc3cn(C)nc31)C(=O)CCC2. The third-order valence-electron chi connectivity index (χ3n) is 3.47. The average molecular weight is 217 g/mol. The maximum Gasteiger partial charge on any atom is 0.160 e. The fraction of sp³-hybridized carbons (Fsp3) is 0.500. The highest BCUT2D eigenvalue weighted by atomic mass is 16.1. The number of carbonyl (C=O) groups is 1. The van der Waals surface area contributed by atoms with Crippen molar-refractivity contribution in [3.8, 4) is 0 Å². The van der Waals surface area contributed by atoms with Gasteiger partial charge < -0.3 is 4.90 Å². The molecule has 0 aromatic carbocycles. The molecule has 0 saturated carbocycles. The van der Waals surface area contributed by atoms with Gasteiger partial charge in [-0.15, -0.1) is 0 Å². The second kappa shape index (κ2) is 3.20. The van der Waals surface area contributed by atoms with Gasteiger partial charge in [-0.05, 0) is 12.8 Å². The van der Waals surface area contributed by atoms with Crippen LogP contribution in [0.3, 0.4) is 0 Å². The van der Waals surface area contributed by atoms with Crippen molar-refractivity contribution in [1.82, 2.24) is 9.78 Å². The Bertz CT molecular complexity index is 498. The van der Waals surface area contributed by atoms with E-state index >= 15 is 0 Å². The Labute approximate surface area is 94.5 Å². The summed E-state index contributed by atoms with van der Waals surface area (Å²) in [6.07, 6.45) is 5.47. The molecule has 0 spiro atoms. The summed E-state index contributed by atoms with van der Waals surface area (Å²) in [5.74, 6) is 1.33. The maximum atomic E-state index is 11.9. The molecular weight excluding hydrogens is 202 g/mol. The van der Waals surface area contributed by atoms with Gasteiger partial charge >= 0.3 is 0 Å². The first kappa shape index (κ1) is 9.63. The van der Waals surface area contributed by atoms with Crippen molar-refractivity contribution in [2.45, 2.75) is 25.7 Å². The van der Waals surface area contributed by atoms with Crippen LogP contribution in [0, 0.1) is 0 Å². The Morgan fingerprint density at radius 1 is 1.31 bits per heavy atom. The first-order chi connectivity index (χ1) is 7.66. The van der Waals surface area contributed by atoms with E-state index in [1.807, 2.05) is 25.0 Å². The van der Waals surface area contributed by atoms with E-state index in [1.54, 1.807) is 0 Å². The average Bonchev–Trinajstić information content (AvgIpc) is 2.61. The van der Waals surface area contributed by atoms with Gasteiger partial charge in [-0.3, -0.25) is 9.48 Å². The smallest absolute Gasteiger partial charge is 0.160 e. The van der Waals surface area contributed by atoms with E-state index in [-0.39, 0.29) is 0 Å². The Morgan fingerprint density at radius 3 is 2.94 bits per heavy atom. The van der Waals surface area contributed by atoms with Gasteiger partial charge in [-0.2, -0.15) is 5.10 Å². The fourth-order valence-corrected chi connectivity index (χ4v) is 2.70. The summed E-state index contributed by atoms with van der Waals surface area (Å²) in [4.78, 5) is 14.0. The van der Waals surface area contributed by atoms with Crippen LogP contribution in [-0.4, -0.2) is 22.6 Å². The molecule has 1 aliphatic carbocycles. The predicted molar refractivity (Wildman–Crippen MR) is 61.2 cm³/mol. The number of rotatable bonds is 0. The molecule has 3 rings (SSSR count). The number of nitrogens with zero attached hydrogens (tertiary/aromatic N) is 3. The number of hydrogen-bond donors (Lipinski definition) is 0. The molecule has 0 amide bonds. The van der Waals surface area contributed by atoms with E-state index < -0.39 is 0 Å².